The van der Waals surface area contributed by atoms with Gasteiger partial charge in [-0.3, -0.25) is 9.59 Å². The minimum absolute atomic E-state index is 0.0152. The van der Waals surface area contributed by atoms with Crippen LogP contribution in [0.5, 0.6) is 0 Å². The Kier molecular flexibility index (Phi) is 4.03. The van der Waals surface area contributed by atoms with Crippen molar-refractivity contribution in [2.24, 2.45) is 5.92 Å². The van der Waals surface area contributed by atoms with E-state index in [1.165, 1.54) is 12.1 Å². The van der Waals surface area contributed by atoms with E-state index < -0.39 is 11.6 Å². The Labute approximate surface area is 124 Å². The van der Waals surface area contributed by atoms with E-state index in [1.807, 2.05) is 13.8 Å². The van der Waals surface area contributed by atoms with Gasteiger partial charge in [0.05, 0.1) is 0 Å². The molecule has 1 aromatic carbocycles. The topological polar surface area (TPSA) is 49.4 Å². The molecule has 1 saturated heterocycles. The van der Waals surface area contributed by atoms with Crippen molar-refractivity contribution in [1.82, 2.24) is 10.2 Å². The highest BCUT2D eigenvalue weighted by Gasteiger charge is 2.46. The summed E-state index contributed by atoms with van der Waals surface area (Å²) >= 11 is 0. The van der Waals surface area contributed by atoms with Gasteiger partial charge in [-0.1, -0.05) is 26.0 Å². The van der Waals surface area contributed by atoms with Crippen LogP contribution in [-0.4, -0.2) is 28.3 Å². The van der Waals surface area contributed by atoms with Crippen LogP contribution in [0.4, 0.5) is 4.39 Å². The normalized spacial score (nSPS) is 21.6. The highest BCUT2D eigenvalue weighted by Crippen LogP contribution is 2.24. The lowest BCUT2D eigenvalue weighted by atomic mass is 9.91. The number of carbonyl (C=O) groups excluding carboxylic acids is 2. The van der Waals surface area contributed by atoms with Crippen molar-refractivity contribution >= 4 is 11.8 Å². The molecule has 0 bridgehead atoms. The molecular weight excluding hydrogens is 271 g/mol. The zero-order valence-electron chi connectivity index (χ0n) is 12.8. The highest BCUT2D eigenvalue weighted by molar-refractivity contribution is 5.99. The molecule has 1 aromatic rings. The molecule has 0 aliphatic carbocycles. The Morgan fingerprint density at radius 2 is 2.00 bits per heavy atom. The van der Waals surface area contributed by atoms with Crippen LogP contribution in [0, 0.1) is 11.7 Å². The van der Waals surface area contributed by atoms with Crippen LogP contribution in [0.3, 0.4) is 0 Å². The Hall–Kier alpha value is -1.91. The number of nitrogens with one attached hydrogen (secondary N) is 1. The molecule has 2 amide bonds. The minimum Gasteiger partial charge on any atom is -0.340 e. The van der Waals surface area contributed by atoms with Crippen molar-refractivity contribution in [2.75, 3.05) is 0 Å². The molecule has 0 aromatic heterocycles. The zero-order valence-corrected chi connectivity index (χ0v) is 12.8. The van der Waals surface area contributed by atoms with Crippen molar-refractivity contribution in [1.29, 1.82) is 0 Å². The maximum absolute atomic E-state index is 13.3. The van der Waals surface area contributed by atoms with Gasteiger partial charge in [0, 0.05) is 6.54 Å². The van der Waals surface area contributed by atoms with Crippen molar-refractivity contribution in [3.05, 3.63) is 35.6 Å². The molecule has 0 spiro atoms. The van der Waals surface area contributed by atoms with Crippen molar-refractivity contribution < 1.29 is 14.0 Å². The summed E-state index contributed by atoms with van der Waals surface area (Å²) in [5.74, 6) is -0.670. The third-order valence-electron chi connectivity index (χ3n) is 3.71. The summed E-state index contributed by atoms with van der Waals surface area (Å²) in [6.07, 6.45) is 0. The number of amides is 2. The van der Waals surface area contributed by atoms with Gasteiger partial charge in [-0.15, -0.1) is 0 Å². The molecule has 1 fully saturated rings. The number of rotatable bonds is 3. The summed E-state index contributed by atoms with van der Waals surface area (Å²) in [6, 6.07) is 5.58. The smallest absolute Gasteiger partial charge is 0.248 e. The molecule has 1 unspecified atom stereocenters. The van der Waals surface area contributed by atoms with Gasteiger partial charge in [-0.05, 0) is 37.5 Å². The van der Waals surface area contributed by atoms with Crippen LogP contribution in [0.1, 0.15) is 33.3 Å². The van der Waals surface area contributed by atoms with Gasteiger partial charge in [-0.25, -0.2) is 4.39 Å². The average Bonchev–Trinajstić information content (AvgIpc) is 2.34. The Morgan fingerprint density at radius 3 is 2.57 bits per heavy atom. The first-order valence-corrected chi connectivity index (χ1v) is 7.10. The van der Waals surface area contributed by atoms with Gasteiger partial charge in [0.2, 0.25) is 11.8 Å². The lowest BCUT2D eigenvalue weighted by Crippen LogP contribution is -2.68. The summed E-state index contributed by atoms with van der Waals surface area (Å²) in [7, 11) is 0. The number of hydrogen-bond donors (Lipinski definition) is 1. The van der Waals surface area contributed by atoms with E-state index in [0.29, 0.717) is 5.56 Å². The fourth-order valence-corrected chi connectivity index (χ4v) is 2.73. The SMILES string of the molecule is CC(C)C1C(=O)NC(C)(C)C(=O)N1Cc1cccc(F)c1. The maximum atomic E-state index is 13.3. The quantitative estimate of drug-likeness (QED) is 0.927. The molecule has 114 valence electrons. The van der Waals surface area contributed by atoms with E-state index in [0.717, 1.165) is 0 Å². The monoisotopic (exact) mass is 292 g/mol. The molecule has 0 radical (unpaired) electrons. The minimum atomic E-state index is -0.935. The van der Waals surface area contributed by atoms with Crippen LogP contribution in [0.25, 0.3) is 0 Å². The number of benzene rings is 1. The third-order valence-corrected chi connectivity index (χ3v) is 3.71. The van der Waals surface area contributed by atoms with E-state index in [4.69, 9.17) is 0 Å². The Bertz CT molecular complexity index is 569. The molecule has 2 rings (SSSR count). The van der Waals surface area contributed by atoms with E-state index in [9.17, 15) is 14.0 Å². The maximum Gasteiger partial charge on any atom is 0.248 e. The predicted octanol–water partition coefficient (Wildman–Crippen LogP) is 2.09. The first-order chi connectivity index (χ1) is 9.72. The number of nitrogens with zero attached hydrogens (tertiary/aromatic N) is 1. The molecule has 0 saturated carbocycles. The van der Waals surface area contributed by atoms with Gasteiger partial charge in [0.15, 0.2) is 0 Å². The summed E-state index contributed by atoms with van der Waals surface area (Å²) in [6.45, 7) is 7.39. The second-order valence-electron chi connectivity index (χ2n) is 6.37. The standard InChI is InChI=1S/C16H21FN2O2/c1-10(2)13-14(20)18-16(3,4)15(21)19(13)9-11-6-5-7-12(17)8-11/h5-8,10,13H,9H2,1-4H3,(H,18,20). The highest BCUT2D eigenvalue weighted by atomic mass is 19.1. The van der Waals surface area contributed by atoms with Gasteiger partial charge >= 0.3 is 0 Å². The van der Waals surface area contributed by atoms with E-state index in [-0.39, 0.29) is 30.1 Å². The first-order valence-electron chi connectivity index (χ1n) is 7.10. The molecule has 1 aliphatic rings. The fraction of sp³-hybridized carbons (Fsp3) is 0.500. The second-order valence-corrected chi connectivity index (χ2v) is 6.37. The van der Waals surface area contributed by atoms with E-state index in [1.54, 1.807) is 30.9 Å². The zero-order chi connectivity index (χ0) is 15.8. The summed E-state index contributed by atoms with van der Waals surface area (Å²) in [4.78, 5) is 26.5. The van der Waals surface area contributed by atoms with Gasteiger partial charge in [0.1, 0.15) is 17.4 Å². The molecular formula is C16H21FN2O2. The van der Waals surface area contributed by atoms with Crippen molar-refractivity contribution in [3.8, 4) is 0 Å². The Balaban J connectivity index is 2.35. The van der Waals surface area contributed by atoms with Crippen LogP contribution in [-0.2, 0) is 16.1 Å². The molecule has 4 nitrogen and oxygen atoms in total. The largest absolute Gasteiger partial charge is 0.340 e. The van der Waals surface area contributed by atoms with Gasteiger partial charge in [-0.2, -0.15) is 0 Å². The fourth-order valence-electron chi connectivity index (χ4n) is 2.73. The lowest BCUT2D eigenvalue weighted by Gasteiger charge is -2.44. The lowest BCUT2D eigenvalue weighted by molar-refractivity contribution is -0.156. The van der Waals surface area contributed by atoms with E-state index >= 15 is 0 Å². The van der Waals surface area contributed by atoms with Crippen molar-refractivity contribution in [3.63, 3.8) is 0 Å². The van der Waals surface area contributed by atoms with Gasteiger partial charge < -0.3 is 10.2 Å². The van der Waals surface area contributed by atoms with Crippen LogP contribution >= 0.6 is 0 Å². The predicted molar refractivity (Wildman–Crippen MR) is 77.8 cm³/mol. The Morgan fingerprint density at radius 1 is 1.33 bits per heavy atom. The summed E-state index contributed by atoms with van der Waals surface area (Å²) in [5.41, 5.74) is -0.255. The van der Waals surface area contributed by atoms with Crippen LogP contribution in [0.2, 0.25) is 0 Å². The summed E-state index contributed by atoms with van der Waals surface area (Å²) < 4.78 is 13.3. The molecule has 1 aliphatic heterocycles. The molecule has 1 N–H and O–H groups in total. The summed E-state index contributed by atoms with van der Waals surface area (Å²) in [5, 5.41) is 2.76. The number of hydrogen-bond acceptors (Lipinski definition) is 2. The van der Waals surface area contributed by atoms with Crippen LogP contribution in [0.15, 0.2) is 24.3 Å². The average molecular weight is 292 g/mol. The van der Waals surface area contributed by atoms with Gasteiger partial charge in [0.25, 0.3) is 0 Å². The third kappa shape index (κ3) is 3.06. The number of halogens is 1. The number of piperazine rings is 1. The molecule has 1 heterocycles. The number of carbonyl (C=O) groups is 2. The second kappa shape index (κ2) is 5.47. The molecule has 1 atom stereocenters. The van der Waals surface area contributed by atoms with E-state index in [2.05, 4.69) is 5.32 Å². The van der Waals surface area contributed by atoms with Crippen molar-refractivity contribution in [2.45, 2.75) is 45.8 Å². The molecule has 21 heavy (non-hydrogen) atoms. The molecule has 5 heteroatoms. The first kappa shape index (κ1) is 15.5. The van der Waals surface area contributed by atoms with Crippen LogP contribution < -0.4 is 5.32 Å².